The van der Waals surface area contributed by atoms with Gasteiger partial charge in [0.1, 0.15) is 17.3 Å². The average Bonchev–Trinajstić information content (AvgIpc) is 3.59. The van der Waals surface area contributed by atoms with E-state index in [-0.39, 0.29) is 5.41 Å². The molecular weight excluding hydrogens is 649 g/mol. The van der Waals surface area contributed by atoms with Gasteiger partial charge in [-0.3, -0.25) is 4.57 Å². The first-order valence-corrected chi connectivity index (χ1v) is 19.3. The van der Waals surface area contributed by atoms with Crippen molar-refractivity contribution >= 4 is 21.8 Å². The maximum absolute atomic E-state index is 6.83. The number of hydrogen-bond acceptors (Lipinski definition) is 3. The quantitative estimate of drug-likeness (QED) is 0.135. The summed E-state index contributed by atoms with van der Waals surface area (Å²) < 4.78 is 11.2. The maximum Gasteiger partial charge on any atom is 0.137 e. The van der Waals surface area contributed by atoms with Crippen molar-refractivity contribution in [2.45, 2.75) is 93.9 Å². The molecule has 0 radical (unpaired) electrons. The molecule has 7 rings (SSSR count). The molecule has 3 heterocycles. The molecule has 0 saturated carbocycles. The molecule has 0 fully saturated rings. The molecule has 0 amide bonds. The lowest BCUT2D eigenvalue weighted by molar-refractivity contribution is 0.409. The Morgan fingerprint density at radius 3 is 2.30 bits per heavy atom. The Balaban J connectivity index is 1.33. The summed E-state index contributed by atoms with van der Waals surface area (Å²) in [6.07, 6.45) is 6.50. The number of ether oxygens (including phenoxy) is 1. The standard InChI is InChI=1S/C48H54N4O/c1-10-14-31(2)23-33(4)38-17-20-44-43(27-38)42-19-18-40(29-45(42)51(44)46-24-32(3)21-22-49-46)53-41-26-36(30-48(7,8)9)25-39(28-41)52-35(6)47(34(5)50-52)37-15-12-11-13-16-37/h11-13,15-22,24-29,31,33H,10,14,23,30H2,1-9H3. The molecule has 272 valence electrons. The van der Waals surface area contributed by atoms with Gasteiger partial charge in [0, 0.05) is 40.4 Å². The highest BCUT2D eigenvalue weighted by Gasteiger charge is 2.20. The third-order valence-corrected chi connectivity index (χ3v) is 10.5. The van der Waals surface area contributed by atoms with Gasteiger partial charge in [0.25, 0.3) is 0 Å². The van der Waals surface area contributed by atoms with Crippen LogP contribution in [0.15, 0.2) is 103 Å². The highest BCUT2D eigenvalue weighted by Crippen LogP contribution is 2.39. The highest BCUT2D eigenvalue weighted by atomic mass is 16.5. The van der Waals surface area contributed by atoms with Crippen molar-refractivity contribution in [1.29, 1.82) is 0 Å². The van der Waals surface area contributed by atoms with E-state index in [1.54, 1.807) is 0 Å². The molecule has 0 saturated heterocycles. The molecule has 0 aliphatic heterocycles. The van der Waals surface area contributed by atoms with E-state index in [1.807, 2.05) is 6.20 Å². The average molecular weight is 703 g/mol. The molecule has 5 heteroatoms. The molecule has 53 heavy (non-hydrogen) atoms. The van der Waals surface area contributed by atoms with Gasteiger partial charge in [-0.25, -0.2) is 9.67 Å². The summed E-state index contributed by atoms with van der Waals surface area (Å²) in [5.41, 5.74) is 11.6. The van der Waals surface area contributed by atoms with E-state index in [1.165, 1.54) is 57.9 Å². The normalized spacial score (nSPS) is 13.2. The summed E-state index contributed by atoms with van der Waals surface area (Å²) in [6, 6.07) is 34.9. The predicted octanol–water partition coefficient (Wildman–Crippen LogP) is 13.3. The zero-order valence-corrected chi connectivity index (χ0v) is 33.0. The molecule has 2 unspecified atom stereocenters. The topological polar surface area (TPSA) is 44.9 Å². The molecule has 0 bridgehead atoms. The lowest BCUT2D eigenvalue weighted by Gasteiger charge is -2.20. The van der Waals surface area contributed by atoms with Crippen LogP contribution in [0.2, 0.25) is 0 Å². The van der Waals surface area contributed by atoms with Crippen molar-refractivity contribution in [3.63, 3.8) is 0 Å². The van der Waals surface area contributed by atoms with Gasteiger partial charge < -0.3 is 4.74 Å². The maximum atomic E-state index is 6.83. The molecular formula is C48H54N4O. The first kappa shape index (κ1) is 36.2. The molecule has 0 N–H and O–H groups in total. The number of aromatic nitrogens is 4. The highest BCUT2D eigenvalue weighted by molar-refractivity contribution is 6.09. The molecule has 5 nitrogen and oxygen atoms in total. The van der Waals surface area contributed by atoms with Gasteiger partial charge in [-0.05, 0) is 122 Å². The zero-order chi connectivity index (χ0) is 37.4. The van der Waals surface area contributed by atoms with Crippen molar-refractivity contribution in [3.8, 4) is 34.1 Å². The fourth-order valence-electron chi connectivity index (χ4n) is 8.22. The number of benzene rings is 4. The minimum absolute atomic E-state index is 0.102. The summed E-state index contributed by atoms with van der Waals surface area (Å²) in [6.45, 7) is 20.2. The lowest BCUT2D eigenvalue weighted by Crippen LogP contribution is -2.10. The Labute approximate surface area is 315 Å². The van der Waals surface area contributed by atoms with Crippen molar-refractivity contribution < 1.29 is 4.74 Å². The fourth-order valence-corrected chi connectivity index (χ4v) is 8.22. The number of pyridine rings is 1. The molecule has 0 aliphatic carbocycles. The van der Waals surface area contributed by atoms with Crippen LogP contribution < -0.4 is 4.74 Å². The van der Waals surface area contributed by atoms with Crippen LogP contribution in [-0.4, -0.2) is 19.3 Å². The van der Waals surface area contributed by atoms with E-state index in [4.69, 9.17) is 14.8 Å². The second-order valence-corrected chi connectivity index (χ2v) is 16.5. The Morgan fingerprint density at radius 1 is 0.774 bits per heavy atom. The van der Waals surface area contributed by atoms with Crippen molar-refractivity contribution in [2.75, 3.05) is 0 Å². The first-order valence-electron chi connectivity index (χ1n) is 19.3. The number of fused-ring (bicyclic) bond motifs is 3. The zero-order valence-electron chi connectivity index (χ0n) is 33.0. The third kappa shape index (κ3) is 7.67. The van der Waals surface area contributed by atoms with Gasteiger partial charge in [0.15, 0.2) is 0 Å². The van der Waals surface area contributed by atoms with Gasteiger partial charge in [0.2, 0.25) is 0 Å². The molecule has 4 aromatic carbocycles. The van der Waals surface area contributed by atoms with Crippen LogP contribution in [0.5, 0.6) is 11.5 Å². The van der Waals surface area contributed by atoms with Crippen molar-refractivity contribution in [1.82, 2.24) is 19.3 Å². The summed E-state index contributed by atoms with van der Waals surface area (Å²) in [4.78, 5) is 4.86. The third-order valence-electron chi connectivity index (χ3n) is 10.5. The largest absolute Gasteiger partial charge is 0.457 e. The summed E-state index contributed by atoms with van der Waals surface area (Å²) in [7, 11) is 0. The van der Waals surface area contributed by atoms with E-state index >= 15 is 0 Å². The smallest absolute Gasteiger partial charge is 0.137 e. The first-order chi connectivity index (χ1) is 25.4. The molecule has 7 aromatic rings. The van der Waals surface area contributed by atoms with Crippen LogP contribution in [0.3, 0.4) is 0 Å². The number of nitrogens with zero attached hydrogens (tertiary/aromatic N) is 4. The van der Waals surface area contributed by atoms with Crippen LogP contribution >= 0.6 is 0 Å². The predicted molar refractivity (Wildman–Crippen MR) is 222 cm³/mol. The Morgan fingerprint density at radius 2 is 1.57 bits per heavy atom. The number of hydrogen-bond donors (Lipinski definition) is 0. The van der Waals surface area contributed by atoms with Gasteiger partial charge in [0.05, 0.1) is 22.4 Å². The fraction of sp³-hybridized carbons (Fsp3) is 0.333. The van der Waals surface area contributed by atoms with E-state index in [0.29, 0.717) is 11.8 Å². The van der Waals surface area contributed by atoms with Gasteiger partial charge in [-0.1, -0.05) is 90.8 Å². The van der Waals surface area contributed by atoms with E-state index < -0.39 is 0 Å². The monoisotopic (exact) mass is 702 g/mol. The van der Waals surface area contributed by atoms with Crippen LogP contribution in [0.25, 0.3) is 44.4 Å². The van der Waals surface area contributed by atoms with Gasteiger partial charge in [-0.2, -0.15) is 5.10 Å². The minimum Gasteiger partial charge on any atom is -0.457 e. The van der Waals surface area contributed by atoms with Gasteiger partial charge in [-0.15, -0.1) is 0 Å². The molecule has 2 atom stereocenters. The molecule has 0 aliphatic rings. The summed E-state index contributed by atoms with van der Waals surface area (Å²) in [5.74, 6) is 3.68. The molecule has 0 spiro atoms. The van der Waals surface area contributed by atoms with Crippen LogP contribution in [-0.2, 0) is 6.42 Å². The lowest BCUT2D eigenvalue weighted by atomic mass is 9.88. The summed E-state index contributed by atoms with van der Waals surface area (Å²) >= 11 is 0. The Bertz CT molecular complexity index is 2390. The Kier molecular flexibility index (Phi) is 10.0. The minimum atomic E-state index is 0.102. The van der Waals surface area contributed by atoms with Crippen molar-refractivity contribution in [2.24, 2.45) is 11.3 Å². The van der Waals surface area contributed by atoms with Crippen LogP contribution in [0, 0.1) is 32.1 Å². The second kappa shape index (κ2) is 14.7. The van der Waals surface area contributed by atoms with Gasteiger partial charge >= 0.3 is 0 Å². The van der Waals surface area contributed by atoms with E-state index in [9.17, 15) is 0 Å². The SMILES string of the molecule is CCCC(C)CC(C)c1ccc2c(c1)c1ccc(Oc3cc(CC(C)(C)C)cc(-n4nc(C)c(-c5ccccc5)c4C)c3)cc1n2-c1cc(C)ccn1. The number of aryl methyl sites for hydroxylation is 2. The van der Waals surface area contributed by atoms with Crippen LogP contribution in [0.1, 0.15) is 94.8 Å². The van der Waals surface area contributed by atoms with E-state index in [0.717, 1.165) is 51.8 Å². The van der Waals surface area contributed by atoms with E-state index in [2.05, 4.69) is 169 Å². The number of rotatable bonds is 11. The molecule has 3 aromatic heterocycles. The second-order valence-electron chi connectivity index (χ2n) is 16.5. The van der Waals surface area contributed by atoms with Crippen molar-refractivity contribution in [3.05, 3.63) is 131 Å². The Hall–Kier alpha value is -5.16. The van der Waals surface area contributed by atoms with Crippen LogP contribution in [0.4, 0.5) is 0 Å². The summed E-state index contributed by atoms with van der Waals surface area (Å²) in [5, 5.41) is 7.50.